The number of carbonyl (C=O) groups is 1. The molecule has 0 fully saturated rings. The van der Waals surface area contributed by atoms with E-state index in [4.69, 9.17) is 13.0 Å². The van der Waals surface area contributed by atoms with Gasteiger partial charge in [0.2, 0.25) is 6.10 Å². The summed E-state index contributed by atoms with van der Waals surface area (Å²) in [7, 11) is 0.869. The van der Waals surface area contributed by atoms with Crippen molar-refractivity contribution in [3.8, 4) is 5.75 Å². The summed E-state index contributed by atoms with van der Waals surface area (Å²) < 4.78 is 81.4. The second-order valence-corrected chi connectivity index (χ2v) is 4.70. The molecule has 0 spiro atoms. The third-order valence-electron chi connectivity index (χ3n) is 2.83. The van der Waals surface area contributed by atoms with Gasteiger partial charge in [0.25, 0.3) is 6.40 Å². The van der Waals surface area contributed by atoms with Gasteiger partial charge in [-0.25, -0.2) is 13.6 Å². The van der Waals surface area contributed by atoms with Crippen molar-refractivity contribution >= 4 is 23.6 Å². The summed E-state index contributed by atoms with van der Waals surface area (Å²) in [6.07, 6.45) is -11.4. The van der Waals surface area contributed by atoms with E-state index < -0.39 is 41.5 Å². The summed E-state index contributed by atoms with van der Waals surface area (Å²) in [5.74, 6) is -2.18. The molecule has 0 saturated carbocycles. The van der Waals surface area contributed by atoms with Gasteiger partial charge in [-0.2, -0.15) is 13.2 Å². The zero-order valence-corrected chi connectivity index (χ0v) is 11.6. The number of hydrogen-bond acceptors (Lipinski definition) is 3. The monoisotopic (exact) mass is 343 g/mol. The Morgan fingerprint density at radius 1 is 1.45 bits per heavy atom. The maximum absolute atomic E-state index is 13.3. The lowest BCUT2D eigenvalue weighted by molar-refractivity contribution is -0.187. The molecule has 1 aromatic carbocycles. The van der Waals surface area contributed by atoms with E-state index in [0.717, 1.165) is 13.2 Å². The minimum atomic E-state index is -5.05. The smallest absolute Gasteiger partial charge is 0.430 e. The normalized spacial score (nSPS) is 18.8. The van der Waals surface area contributed by atoms with Gasteiger partial charge >= 0.3 is 12.1 Å². The van der Waals surface area contributed by atoms with Crippen LogP contribution < -0.4 is 4.74 Å². The highest BCUT2D eigenvalue weighted by Crippen LogP contribution is 2.43. The van der Waals surface area contributed by atoms with Gasteiger partial charge in [0.1, 0.15) is 7.12 Å². The van der Waals surface area contributed by atoms with E-state index in [1.165, 1.54) is 0 Å². The fraction of sp³-hybridized carbons (Fsp3) is 0.308. The highest BCUT2D eigenvalue weighted by molar-refractivity contribution is 6.31. The van der Waals surface area contributed by atoms with Gasteiger partial charge in [0, 0.05) is 10.6 Å². The molecule has 1 heterocycles. The van der Waals surface area contributed by atoms with Crippen LogP contribution in [0.25, 0.3) is 6.08 Å². The van der Waals surface area contributed by atoms with Crippen molar-refractivity contribution in [2.75, 3.05) is 7.11 Å². The van der Waals surface area contributed by atoms with Crippen LogP contribution in [0.2, 0.25) is 5.02 Å². The van der Waals surface area contributed by atoms with Crippen LogP contribution in [0, 0.1) is 0 Å². The van der Waals surface area contributed by atoms with E-state index in [1.807, 2.05) is 0 Å². The Morgan fingerprint density at radius 2 is 2.09 bits per heavy atom. The van der Waals surface area contributed by atoms with Crippen molar-refractivity contribution in [3.05, 3.63) is 33.9 Å². The average molecular weight is 344 g/mol. The number of halogens is 6. The van der Waals surface area contributed by atoms with Crippen molar-refractivity contribution in [1.29, 1.82) is 0 Å². The first-order chi connectivity index (χ1) is 10.4. The predicted octanol–water partition coefficient (Wildman–Crippen LogP) is 4.16. The summed E-state index contributed by atoms with van der Waals surface area (Å²) in [6.45, 7) is 0. The predicted molar refractivity (Wildman–Crippen MR) is 66.9 cm³/mol. The molecule has 3 nitrogen and oxygen atoms in total. The van der Waals surface area contributed by atoms with Gasteiger partial charge in [0.05, 0.1) is 18.2 Å². The molecule has 0 aromatic heterocycles. The van der Waals surface area contributed by atoms with E-state index in [9.17, 15) is 26.7 Å². The molecule has 1 atom stereocenters. The Bertz CT molecular complexity index is 681. The van der Waals surface area contributed by atoms with E-state index in [-0.39, 0.29) is 10.6 Å². The molecule has 0 aliphatic carbocycles. The van der Waals surface area contributed by atoms with Crippen molar-refractivity contribution in [2.45, 2.75) is 18.7 Å². The zero-order valence-electron chi connectivity index (χ0n) is 11.8. The topological polar surface area (TPSA) is 35.5 Å². The summed E-state index contributed by atoms with van der Waals surface area (Å²) in [5, 5.41) is -0.250. The fourth-order valence-corrected chi connectivity index (χ4v) is 2.17. The van der Waals surface area contributed by atoms with Gasteiger partial charge in [0.15, 0.2) is 0 Å². The number of carbonyl (C=O) groups excluding carboxylic acids is 1. The quantitative estimate of drug-likeness (QED) is 0.597. The Balaban J connectivity index is 2.70. The van der Waals surface area contributed by atoms with Gasteiger partial charge in [-0.15, -0.1) is 0 Å². The minimum Gasteiger partial charge on any atom is -0.475 e. The lowest BCUT2D eigenvalue weighted by atomic mass is 9.99. The van der Waals surface area contributed by atoms with Crippen LogP contribution in [-0.4, -0.2) is 25.4 Å². The van der Waals surface area contributed by atoms with Gasteiger partial charge < -0.3 is 9.47 Å². The molecule has 120 valence electrons. The van der Waals surface area contributed by atoms with E-state index in [1.54, 1.807) is 0 Å². The second-order valence-electron chi connectivity index (χ2n) is 4.26. The van der Waals surface area contributed by atoms with Crippen molar-refractivity contribution < 1.29 is 37.6 Å². The van der Waals surface area contributed by atoms with E-state index in [2.05, 4.69) is 9.47 Å². The highest BCUT2D eigenvalue weighted by Gasteiger charge is 2.49. The number of fused-ring (bicyclic) bond motifs is 1. The summed E-state index contributed by atoms with van der Waals surface area (Å²) in [6, 6.07) is 1.68. The number of ether oxygens (including phenoxy) is 2. The second kappa shape index (κ2) is 5.75. The Morgan fingerprint density at radius 3 is 2.59 bits per heavy atom. The zero-order chi connectivity index (χ0) is 17.6. The van der Waals surface area contributed by atoms with Gasteiger partial charge in [-0.3, -0.25) is 0 Å². The maximum Gasteiger partial charge on any atom is 0.430 e. The Labute approximate surface area is 127 Å². The van der Waals surface area contributed by atoms with Crippen LogP contribution in [-0.2, 0) is 9.53 Å². The number of rotatable bonds is 2. The third kappa shape index (κ3) is 3.01. The molecule has 0 saturated heterocycles. The molecule has 22 heavy (non-hydrogen) atoms. The Kier molecular flexibility index (Phi) is 3.94. The van der Waals surface area contributed by atoms with Crippen molar-refractivity contribution in [1.82, 2.24) is 0 Å². The van der Waals surface area contributed by atoms with Crippen LogP contribution >= 0.6 is 11.6 Å². The van der Waals surface area contributed by atoms with Gasteiger partial charge in [-0.05, 0) is 18.2 Å². The van der Waals surface area contributed by atoms with Gasteiger partial charge in [-0.1, -0.05) is 11.6 Å². The Hall–Kier alpha value is -1.83. The standard InChI is InChI=1S/C13H8ClF5O3/c1-21-12(20)8-3-5-2-6(14)4-7(11(15)16)9(5)22-10(8)13(17,18)19/h2-4,10-11H,1H3/t10-/m0/s1/i11D. The molecule has 1 aliphatic heterocycles. The molecule has 0 N–H and O–H groups in total. The minimum absolute atomic E-state index is 0.250. The largest absolute Gasteiger partial charge is 0.475 e. The maximum atomic E-state index is 13.3. The molecule has 0 bridgehead atoms. The average Bonchev–Trinajstić information content (AvgIpc) is 2.42. The number of alkyl halides is 5. The lowest BCUT2D eigenvalue weighted by Gasteiger charge is -2.29. The summed E-state index contributed by atoms with van der Waals surface area (Å²) >= 11 is 5.64. The molecule has 1 aromatic rings. The van der Waals surface area contributed by atoms with Crippen LogP contribution in [0.4, 0.5) is 22.0 Å². The van der Waals surface area contributed by atoms with Crippen LogP contribution in [0.1, 0.15) is 18.9 Å². The van der Waals surface area contributed by atoms with Crippen LogP contribution in [0.5, 0.6) is 5.75 Å². The van der Waals surface area contributed by atoms with Crippen LogP contribution in [0.15, 0.2) is 17.7 Å². The van der Waals surface area contributed by atoms with Crippen molar-refractivity contribution in [2.24, 2.45) is 0 Å². The molecule has 1 aliphatic rings. The number of esters is 1. The van der Waals surface area contributed by atoms with Crippen LogP contribution in [0.3, 0.4) is 0 Å². The molecular weight excluding hydrogens is 335 g/mol. The molecule has 9 heteroatoms. The number of methoxy groups -OCH3 is 1. The SMILES string of the molecule is [2H]C(F)(F)c1cc(Cl)cc2c1O[C@H](C(F)(F)F)C(C(=O)OC)=C2. The molecule has 2 rings (SSSR count). The van der Waals surface area contributed by atoms with E-state index in [0.29, 0.717) is 12.1 Å². The lowest BCUT2D eigenvalue weighted by Crippen LogP contribution is -2.40. The first-order valence-electron chi connectivity index (χ1n) is 6.20. The fourth-order valence-electron chi connectivity index (χ4n) is 1.95. The number of benzene rings is 1. The first kappa shape index (κ1) is 15.1. The molecular formula is C13H8ClF5O3. The third-order valence-corrected chi connectivity index (χ3v) is 3.05. The highest BCUT2D eigenvalue weighted by atomic mass is 35.5. The van der Waals surface area contributed by atoms with E-state index >= 15 is 0 Å². The molecule has 0 radical (unpaired) electrons. The van der Waals surface area contributed by atoms with Crippen molar-refractivity contribution in [3.63, 3.8) is 0 Å². The first-order valence-corrected chi connectivity index (χ1v) is 6.08. The summed E-state index contributed by atoms with van der Waals surface area (Å²) in [4.78, 5) is 11.5. The molecule has 0 unspecified atom stereocenters. The molecule has 0 amide bonds. The number of hydrogen-bond donors (Lipinski definition) is 0. The summed E-state index contributed by atoms with van der Waals surface area (Å²) in [5.41, 5.74) is -2.32.